The van der Waals surface area contributed by atoms with Gasteiger partial charge in [0.25, 0.3) is 0 Å². The highest BCUT2D eigenvalue weighted by molar-refractivity contribution is 5.85. The molecule has 1 aromatic carbocycles. The number of hydrogen-bond donors (Lipinski definition) is 1. The van der Waals surface area contributed by atoms with E-state index in [1.807, 2.05) is 29.2 Å². The van der Waals surface area contributed by atoms with Crippen LogP contribution in [0.15, 0.2) is 24.3 Å². The normalized spacial score (nSPS) is 21.8. The van der Waals surface area contributed by atoms with Gasteiger partial charge in [-0.05, 0) is 30.7 Å². The molecule has 128 valence electrons. The number of carbonyl (C=O) groups excluding carboxylic acids is 1. The van der Waals surface area contributed by atoms with Crippen LogP contribution in [0, 0.1) is 0 Å². The summed E-state index contributed by atoms with van der Waals surface area (Å²) in [4.78, 5) is 17.0. The van der Waals surface area contributed by atoms with E-state index >= 15 is 0 Å². The van der Waals surface area contributed by atoms with E-state index in [0.717, 1.165) is 50.6 Å². The molecule has 1 aromatic rings. The van der Waals surface area contributed by atoms with Crippen LogP contribution in [0.1, 0.15) is 12.0 Å². The summed E-state index contributed by atoms with van der Waals surface area (Å²) in [5.74, 6) is 1.03. The van der Waals surface area contributed by atoms with E-state index in [1.54, 1.807) is 7.11 Å². The summed E-state index contributed by atoms with van der Waals surface area (Å²) in [6.07, 6.45) is 1.69. The number of carbonyl (C=O) groups is 1. The van der Waals surface area contributed by atoms with Gasteiger partial charge in [-0.25, -0.2) is 0 Å². The zero-order valence-corrected chi connectivity index (χ0v) is 14.5. The Morgan fingerprint density at radius 1 is 1.30 bits per heavy atom. The van der Waals surface area contributed by atoms with E-state index in [1.165, 1.54) is 6.42 Å². The van der Waals surface area contributed by atoms with Crippen molar-refractivity contribution in [1.29, 1.82) is 0 Å². The minimum Gasteiger partial charge on any atom is -0.497 e. The van der Waals surface area contributed by atoms with Crippen molar-refractivity contribution in [3.05, 3.63) is 29.8 Å². The van der Waals surface area contributed by atoms with Gasteiger partial charge in [0, 0.05) is 38.8 Å². The quantitative estimate of drug-likeness (QED) is 0.894. The van der Waals surface area contributed by atoms with Gasteiger partial charge < -0.3 is 15.0 Å². The number of halogens is 1. The predicted octanol–water partition coefficient (Wildman–Crippen LogP) is 1.17. The first-order valence-corrected chi connectivity index (χ1v) is 8.12. The van der Waals surface area contributed by atoms with Crippen molar-refractivity contribution < 1.29 is 9.53 Å². The summed E-state index contributed by atoms with van der Waals surface area (Å²) < 4.78 is 5.22. The second-order valence-corrected chi connectivity index (χ2v) is 6.09. The van der Waals surface area contributed by atoms with Crippen molar-refractivity contribution in [1.82, 2.24) is 15.1 Å². The van der Waals surface area contributed by atoms with Crippen LogP contribution in [0.3, 0.4) is 0 Å². The van der Waals surface area contributed by atoms with E-state index in [-0.39, 0.29) is 18.3 Å². The fraction of sp³-hybridized carbons (Fsp3) is 0.588. The molecule has 23 heavy (non-hydrogen) atoms. The molecular formula is C17H26ClN3O2. The van der Waals surface area contributed by atoms with Crippen molar-refractivity contribution in [2.24, 2.45) is 0 Å². The van der Waals surface area contributed by atoms with Gasteiger partial charge in [-0.3, -0.25) is 9.69 Å². The topological polar surface area (TPSA) is 44.8 Å². The van der Waals surface area contributed by atoms with Gasteiger partial charge in [0.2, 0.25) is 5.91 Å². The molecule has 0 saturated carbocycles. The lowest BCUT2D eigenvalue weighted by Crippen LogP contribution is -2.52. The van der Waals surface area contributed by atoms with E-state index in [2.05, 4.69) is 10.2 Å². The van der Waals surface area contributed by atoms with Crippen LogP contribution in [0.25, 0.3) is 0 Å². The van der Waals surface area contributed by atoms with Gasteiger partial charge in [0.05, 0.1) is 13.5 Å². The molecule has 2 fully saturated rings. The zero-order chi connectivity index (χ0) is 15.4. The number of nitrogens with one attached hydrogen (secondary N) is 1. The van der Waals surface area contributed by atoms with Crippen LogP contribution in [0.5, 0.6) is 5.75 Å². The summed E-state index contributed by atoms with van der Waals surface area (Å²) in [6, 6.07) is 8.43. The highest BCUT2D eigenvalue weighted by Crippen LogP contribution is 2.16. The van der Waals surface area contributed by atoms with Crippen LogP contribution in [-0.4, -0.2) is 68.1 Å². The van der Waals surface area contributed by atoms with Crippen LogP contribution < -0.4 is 10.1 Å². The van der Waals surface area contributed by atoms with Gasteiger partial charge in [-0.15, -0.1) is 12.4 Å². The first kappa shape index (κ1) is 18.0. The molecule has 0 aromatic heterocycles. The predicted molar refractivity (Wildman–Crippen MR) is 93.4 cm³/mol. The number of hydrogen-bond acceptors (Lipinski definition) is 4. The lowest BCUT2D eigenvalue weighted by Gasteiger charge is -2.37. The highest BCUT2D eigenvalue weighted by Gasteiger charge is 2.27. The average molecular weight is 340 g/mol. The standard InChI is InChI=1S/C17H25N3O2.ClH/c1-22-16-4-2-3-14(11-16)12-17(21)20-9-7-19(8-10-20)15-5-6-18-13-15;/h2-4,11,15,18H,5-10,12-13H2,1H3;1H. The lowest BCUT2D eigenvalue weighted by molar-refractivity contribution is -0.132. The SMILES string of the molecule is COc1cccc(CC(=O)N2CCN(C3CCNC3)CC2)c1.Cl. The second-order valence-electron chi connectivity index (χ2n) is 6.09. The summed E-state index contributed by atoms with van der Waals surface area (Å²) in [6.45, 7) is 5.91. The summed E-state index contributed by atoms with van der Waals surface area (Å²) >= 11 is 0. The van der Waals surface area contributed by atoms with Gasteiger partial charge >= 0.3 is 0 Å². The third-order valence-corrected chi connectivity index (χ3v) is 4.71. The molecule has 1 atom stereocenters. The Kier molecular flexibility index (Phi) is 6.69. The average Bonchev–Trinajstić information content (AvgIpc) is 3.09. The van der Waals surface area contributed by atoms with Crippen LogP contribution >= 0.6 is 12.4 Å². The molecule has 0 radical (unpaired) electrons. The van der Waals surface area contributed by atoms with Crippen molar-refractivity contribution >= 4 is 18.3 Å². The number of nitrogens with zero attached hydrogens (tertiary/aromatic N) is 2. The molecule has 2 saturated heterocycles. The second kappa shape index (κ2) is 8.52. The summed E-state index contributed by atoms with van der Waals surface area (Å²) in [5, 5.41) is 3.41. The maximum absolute atomic E-state index is 12.4. The van der Waals surface area contributed by atoms with E-state index in [0.29, 0.717) is 12.5 Å². The minimum atomic E-state index is 0. The summed E-state index contributed by atoms with van der Waals surface area (Å²) in [5.41, 5.74) is 1.02. The molecule has 0 aliphatic carbocycles. The number of ether oxygens (including phenoxy) is 1. The molecule has 0 bridgehead atoms. The largest absolute Gasteiger partial charge is 0.497 e. The molecule has 6 heteroatoms. The minimum absolute atomic E-state index is 0. The molecule has 2 aliphatic heterocycles. The van der Waals surface area contributed by atoms with Gasteiger partial charge in [0.1, 0.15) is 5.75 Å². The van der Waals surface area contributed by atoms with Crippen LogP contribution in [-0.2, 0) is 11.2 Å². The third kappa shape index (κ3) is 4.59. The molecular weight excluding hydrogens is 314 g/mol. The molecule has 0 spiro atoms. The van der Waals surface area contributed by atoms with Gasteiger partial charge in [-0.2, -0.15) is 0 Å². The van der Waals surface area contributed by atoms with Crippen molar-refractivity contribution in [3.63, 3.8) is 0 Å². The first-order chi connectivity index (χ1) is 10.8. The third-order valence-electron chi connectivity index (χ3n) is 4.71. The monoisotopic (exact) mass is 339 g/mol. The molecule has 3 rings (SSSR count). The van der Waals surface area contributed by atoms with Crippen LogP contribution in [0.2, 0.25) is 0 Å². The first-order valence-electron chi connectivity index (χ1n) is 8.12. The maximum Gasteiger partial charge on any atom is 0.227 e. The van der Waals surface area contributed by atoms with Crippen molar-refractivity contribution in [2.45, 2.75) is 18.9 Å². The Morgan fingerprint density at radius 3 is 2.74 bits per heavy atom. The molecule has 2 aliphatic rings. The highest BCUT2D eigenvalue weighted by atomic mass is 35.5. The maximum atomic E-state index is 12.4. The molecule has 1 amide bonds. The van der Waals surface area contributed by atoms with Gasteiger partial charge in [-0.1, -0.05) is 12.1 Å². The smallest absolute Gasteiger partial charge is 0.227 e. The Bertz CT molecular complexity index is 512. The Morgan fingerprint density at radius 2 is 2.09 bits per heavy atom. The number of benzene rings is 1. The molecule has 1 unspecified atom stereocenters. The number of rotatable bonds is 4. The molecule has 2 heterocycles. The van der Waals surface area contributed by atoms with Crippen molar-refractivity contribution in [2.75, 3.05) is 46.4 Å². The number of piperazine rings is 1. The number of methoxy groups -OCH3 is 1. The van der Waals surface area contributed by atoms with Crippen LogP contribution in [0.4, 0.5) is 0 Å². The van der Waals surface area contributed by atoms with Crippen molar-refractivity contribution in [3.8, 4) is 5.75 Å². The number of amides is 1. The fourth-order valence-corrected chi connectivity index (χ4v) is 3.36. The summed E-state index contributed by atoms with van der Waals surface area (Å²) in [7, 11) is 1.65. The Hall–Kier alpha value is -1.30. The van der Waals surface area contributed by atoms with Gasteiger partial charge in [0.15, 0.2) is 0 Å². The van der Waals surface area contributed by atoms with E-state index < -0.39 is 0 Å². The molecule has 1 N–H and O–H groups in total. The lowest BCUT2D eigenvalue weighted by atomic mass is 10.1. The zero-order valence-electron chi connectivity index (χ0n) is 13.7. The Balaban J connectivity index is 0.00000192. The van der Waals surface area contributed by atoms with E-state index in [4.69, 9.17) is 4.74 Å². The van der Waals surface area contributed by atoms with E-state index in [9.17, 15) is 4.79 Å². The Labute approximate surface area is 144 Å². The fourth-order valence-electron chi connectivity index (χ4n) is 3.36. The molecule has 5 nitrogen and oxygen atoms in total.